The van der Waals surface area contributed by atoms with Gasteiger partial charge in [-0.1, -0.05) is 13.8 Å². The summed E-state index contributed by atoms with van der Waals surface area (Å²) in [6, 6.07) is 3.25. The van der Waals surface area contributed by atoms with Gasteiger partial charge in [0.25, 0.3) is 0 Å². The molecule has 1 fully saturated rings. The van der Waals surface area contributed by atoms with Crippen LogP contribution in [0.5, 0.6) is 5.75 Å². The first-order chi connectivity index (χ1) is 15.9. The van der Waals surface area contributed by atoms with Crippen LogP contribution in [-0.2, 0) is 0 Å². The monoisotopic (exact) mass is 452 g/mol. The van der Waals surface area contributed by atoms with Crippen molar-refractivity contribution in [3.63, 3.8) is 0 Å². The average molecular weight is 453 g/mol. The quantitative estimate of drug-likeness (QED) is 0.492. The molecule has 9 nitrogen and oxygen atoms in total. The molecule has 0 aliphatic carbocycles. The standard InChI is InChI=1S/C23H29FN8O/c1-13(2)14(3)31-12-16(10-26-31)30-7-5-6-15(11-30)21-28-22-17-8-18(24)20(33-4)9-19(17)27-23(25)32(22)29-21/h8-10,12-15H,5-7,11H2,1-4H3,(H2,25,27)/t14-,15-/m1/s1. The smallest absolute Gasteiger partial charge is 0.223 e. The van der Waals surface area contributed by atoms with E-state index in [2.05, 4.69) is 47.0 Å². The van der Waals surface area contributed by atoms with Gasteiger partial charge in [-0.15, -0.1) is 5.10 Å². The Hall–Kier alpha value is -3.43. The maximum absolute atomic E-state index is 14.4. The number of anilines is 2. The van der Waals surface area contributed by atoms with E-state index in [1.54, 1.807) is 0 Å². The minimum absolute atomic E-state index is 0.119. The fourth-order valence-corrected chi connectivity index (χ4v) is 4.42. The van der Waals surface area contributed by atoms with E-state index < -0.39 is 5.82 Å². The van der Waals surface area contributed by atoms with Crippen LogP contribution in [0.2, 0.25) is 0 Å². The van der Waals surface area contributed by atoms with Crippen molar-refractivity contribution in [1.82, 2.24) is 29.4 Å². The fourth-order valence-electron chi connectivity index (χ4n) is 4.42. The molecule has 10 heteroatoms. The molecule has 174 valence electrons. The number of ether oxygens (including phenoxy) is 1. The molecule has 0 saturated carbocycles. The lowest BCUT2D eigenvalue weighted by Gasteiger charge is -2.32. The molecule has 0 amide bonds. The number of piperidine rings is 1. The first kappa shape index (κ1) is 21.4. The van der Waals surface area contributed by atoms with Crippen LogP contribution in [0.1, 0.15) is 51.4 Å². The van der Waals surface area contributed by atoms with Crippen molar-refractivity contribution < 1.29 is 9.13 Å². The third-order valence-corrected chi connectivity index (χ3v) is 6.71. The molecule has 4 aromatic rings. The van der Waals surface area contributed by atoms with Crippen molar-refractivity contribution in [2.24, 2.45) is 5.92 Å². The molecular weight excluding hydrogens is 423 g/mol. The molecule has 2 N–H and O–H groups in total. The van der Waals surface area contributed by atoms with Crippen LogP contribution in [0, 0.1) is 11.7 Å². The van der Waals surface area contributed by atoms with E-state index in [1.165, 1.54) is 23.8 Å². The molecular formula is C23H29FN8O. The maximum Gasteiger partial charge on any atom is 0.223 e. The van der Waals surface area contributed by atoms with Gasteiger partial charge in [0.1, 0.15) is 0 Å². The molecule has 1 saturated heterocycles. The van der Waals surface area contributed by atoms with Crippen LogP contribution in [0.15, 0.2) is 24.5 Å². The third kappa shape index (κ3) is 3.73. The van der Waals surface area contributed by atoms with Gasteiger partial charge in [-0.05, 0) is 31.7 Å². The first-order valence-corrected chi connectivity index (χ1v) is 11.3. The van der Waals surface area contributed by atoms with E-state index in [0.29, 0.717) is 34.3 Å². The lowest BCUT2D eigenvalue weighted by Crippen LogP contribution is -2.34. The van der Waals surface area contributed by atoms with Crippen LogP contribution >= 0.6 is 0 Å². The SMILES string of the molecule is COc1cc2nc(N)n3nc([C@@H]4CCCN(c5cnn([C@H](C)C(C)C)c5)C4)nc3c2cc1F. The Morgan fingerprint density at radius 2 is 2.03 bits per heavy atom. The zero-order valence-electron chi connectivity index (χ0n) is 19.4. The summed E-state index contributed by atoms with van der Waals surface area (Å²) in [6.07, 6.45) is 6.04. The summed E-state index contributed by atoms with van der Waals surface area (Å²) >= 11 is 0. The molecule has 2 atom stereocenters. The molecule has 0 spiro atoms. The van der Waals surface area contributed by atoms with Gasteiger partial charge in [-0.3, -0.25) is 4.68 Å². The Bertz CT molecular complexity index is 1310. The number of fused-ring (bicyclic) bond motifs is 3. The molecule has 0 radical (unpaired) electrons. The molecule has 0 bridgehead atoms. The number of nitrogens with zero attached hydrogens (tertiary/aromatic N) is 7. The van der Waals surface area contributed by atoms with Gasteiger partial charge in [0.2, 0.25) is 5.95 Å². The van der Waals surface area contributed by atoms with Gasteiger partial charge in [0.15, 0.2) is 23.0 Å². The highest BCUT2D eigenvalue weighted by Crippen LogP contribution is 2.32. The van der Waals surface area contributed by atoms with E-state index in [0.717, 1.165) is 31.6 Å². The predicted octanol–water partition coefficient (Wildman–Crippen LogP) is 3.80. The molecule has 33 heavy (non-hydrogen) atoms. The minimum atomic E-state index is -0.473. The lowest BCUT2D eigenvalue weighted by molar-refractivity contribution is 0.375. The fraction of sp³-hybridized carbons (Fsp3) is 0.478. The topological polar surface area (TPSA) is 99.4 Å². The minimum Gasteiger partial charge on any atom is -0.494 e. The van der Waals surface area contributed by atoms with E-state index >= 15 is 0 Å². The Labute approximate surface area is 191 Å². The van der Waals surface area contributed by atoms with Crippen LogP contribution in [-0.4, -0.2) is 49.6 Å². The van der Waals surface area contributed by atoms with Gasteiger partial charge in [0.05, 0.1) is 30.6 Å². The highest BCUT2D eigenvalue weighted by Gasteiger charge is 2.27. The van der Waals surface area contributed by atoms with Crippen molar-refractivity contribution >= 4 is 28.2 Å². The molecule has 1 aliphatic rings. The number of aromatic nitrogens is 6. The van der Waals surface area contributed by atoms with E-state index in [1.807, 2.05) is 10.9 Å². The Morgan fingerprint density at radius 1 is 1.21 bits per heavy atom. The highest BCUT2D eigenvalue weighted by atomic mass is 19.1. The van der Waals surface area contributed by atoms with Crippen molar-refractivity contribution in [3.05, 3.63) is 36.2 Å². The van der Waals surface area contributed by atoms with Gasteiger partial charge in [0, 0.05) is 36.7 Å². The Kier molecular flexibility index (Phi) is 5.30. The maximum atomic E-state index is 14.4. The van der Waals surface area contributed by atoms with Crippen molar-refractivity contribution in [2.45, 2.75) is 45.6 Å². The van der Waals surface area contributed by atoms with E-state index in [4.69, 9.17) is 15.5 Å². The Morgan fingerprint density at radius 3 is 2.79 bits per heavy atom. The summed E-state index contributed by atoms with van der Waals surface area (Å²) in [5.41, 5.74) is 8.30. The summed E-state index contributed by atoms with van der Waals surface area (Å²) in [7, 11) is 1.42. The normalized spacial score (nSPS) is 17.9. The molecule has 0 unspecified atom stereocenters. The van der Waals surface area contributed by atoms with E-state index in [9.17, 15) is 4.39 Å². The highest BCUT2D eigenvalue weighted by molar-refractivity contribution is 5.93. The summed E-state index contributed by atoms with van der Waals surface area (Å²) in [6.45, 7) is 8.33. The van der Waals surface area contributed by atoms with Crippen LogP contribution in [0.3, 0.4) is 0 Å². The molecule has 3 aromatic heterocycles. The molecule has 5 rings (SSSR count). The van der Waals surface area contributed by atoms with Crippen molar-refractivity contribution in [3.8, 4) is 5.75 Å². The van der Waals surface area contributed by atoms with Gasteiger partial charge in [-0.2, -0.15) is 9.61 Å². The summed E-state index contributed by atoms with van der Waals surface area (Å²) in [4.78, 5) is 11.5. The summed E-state index contributed by atoms with van der Waals surface area (Å²) in [5.74, 6) is 1.18. The number of nitrogens with two attached hydrogens (primary N) is 1. The van der Waals surface area contributed by atoms with Gasteiger partial charge in [-0.25, -0.2) is 14.4 Å². The zero-order chi connectivity index (χ0) is 23.3. The zero-order valence-corrected chi connectivity index (χ0v) is 19.4. The number of methoxy groups -OCH3 is 1. The molecule has 1 aromatic carbocycles. The second kappa shape index (κ2) is 8.17. The largest absolute Gasteiger partial charge is 0.494 e. The summed E-state index contributed by atoms with van der Waals surface area (Å²) < 4.78 is 23.0. The molecule has 1 aliphatic heterocycles. The van der Waals surface area contributed by atoms with Crippen LogP contribution in [0.25, 0.3) is 16.6 Å². The second-order valence-corrected chi connectivity index (χ2v) is 9.13. The Balaban J connectivity index is 1.47. The number of halogens is 1. The average Bonchev–Trinajstić information content (AvgIpc) is 3.47. The van der Waals surface area contributed by atoms with Crippen molar-refractivity contribution in [1.29, 1.82) is 0 Å². The number of nitrogen functional groups attached to an aromatic ring is 1. The van der Waals surface area contributed by atoms with Crippen LogP contribution < -0.4 is 15.4 Å². The van der Waals surface area contributed by atoms with Gasteiger partial charge >= 0.3 is 0 Å². The lowest BCUT2D eigenvalue weighted by atomic mass is 9.97. The first-order valence-electron chi connectivity index (χ1n) is 11.3. The van der Waals surface area contributed by atoms with Crippen molar-refractivity contribution in [2.75, 3.05) is 30.8 Å². The van der Waals surface area contributed by atoms with Crippen LogP contribution in [0.4, 0.5) is 16.0 Å². The number of benzene rings is 1. The van der Waals surface area contributed by atoms with Gasteiger partial charge < -0.3 is 15.4 Å². The van der Waals surface area contributed by atoms with E-state index in [-0.39, 0.29) is 17.6 Å². The summed E-state index contributed by atoms with van der Waals surface area (Å²) in [5, 5.41) is 9.80. The second-order valence-electron chi connectivity index (χ2n) is 9.13. The molecule has 4 heterocycles. The number of rotatable bonds is 5. The predicted molar refractivity (Wildman–Crippen MR) is 125 cm³/mol. The number of hydrogen-bond donors (Lipinski definition) is 1. The number of hydrogen-bond acceptors (Lipinski definition) is 7. The third-order valence-electron chi connectivity index (χ3n) is 6.71.